The van der Waals surface area contributed by atoms with Crippen molar-refractivity contribution in [1.29, 1.82) is 5.26 Å². The predicted molar refractivity (Wildman–Crippen MR) is 65.7 cm³/mol. The van der Waals surface area contributed by atoms with Crippen molar-refractivity contribution in [2.45, 2.75) is 6.42 Å². The van der Waals surface area contributed by atoms with E-state index in [1.807, 2.05) is 6.07 Å². The van der Waals surface area contributed by atoms with Crippen LogP contribution in [-0.2, 0) is 0 Å². The first-order chi connectivity index (χ1) is 7.56. The molecule has 0 saturated heterocycles. The van der Waals surface area contributed by atoms with Gasteiger partial charge in [-0.25, -0.2) is 0 Å². The minimum absolute atomic E-state index is 0.144. The average molecular weight is 282 g/mol. The molecule has 0 aliphatic carbocycles. The largest absolute Gasteiger partial charge is 0.399 e. The summed E-state index contributed by atoms with van der Waals surface area (Å²) in [5.74, 6) is -0.144. The number of halogens is 1. The summed E-state index contributed by atoms with van der Waals surface area (Å²) in [5, 5.41) is 8.45. The number of amides is 1. The SMILES string of the molecule is CN(CCC#N)C(=O)c1cc(N)ccc1Br. The van der Waals surface area contributed by atoms with Crippen molar-refractivity contribution in [1.82, 2.24) is 4.90 Å². The van der Waals surface area contributed by atoms with Crippen LogP contribution in [0, 0.1) is 11.3 Å². The van der Waals surface area contributed by atoms with Crippen LogP contribution in [0.1, 0.15) is 16.8 Å². The van der Waals surface area contributed by atoms with Crippen LogP contribution in [0.15, 0.2) is 22.7 Å². The molecule has 0 saturated carbocycles. The number of hydrogen-bond donors (Lipinski definition) is 1. The highest BCUT2D eigenvalue weighted by Gasteiger charge is 2.14. The molecule has 1 aromatic rings. The standard InChI is InChI=1S/C11H12BrN3O/c1-15(6-2-5-13)11(16)9-7-8(14)3-4-10(9)12/h3-4,7H,2,6,14H2,1H3. The Labute approximate surface area is 103 Å². The predicted octanol–water partition coefficient (Wildman–Crippen LogP) is 2.02. The zero-order valence-electron chi connectivity index (χ0n) is 8.90. The lowest BCUT2D eigenvalue weighted by Crippen LogP contribution is -2.27. The van der Waals surface area contributed by atoms with Crippen molar-refractivity contribution in [3.8, 4) is 6.07 Å². The second-order valence-corrected chi connectivity index (χ2v) is 4.23. The average Bonchev–Trinajstić information content (AvgIpc) is 2.28. The molecule has 2 N–H and O–H groups in total. The maximum atomic E-state index is 12.0. The fraction of sp³-hybridized carbons (Fsp3) is 0.273. The van der Waals surface area contributed by atoms with Gasteiger partial charge < -0.3 is 10.6 Å². The minimum Gasteiger partial charge on any atom is -0.399 e. The first-order valence-electron chi connectivity index (χ1n) is 4.73. The van der Waals surface area contributed by atoms with E-state index in [2.05, 4.69) is 15.9 Å². The molecule has 4 nitrogen and oxygen atoms in total. The van der Waals surface area contributed by atoms with E-state index in [0.717, 1.165) is 0 Å². The molecule has 0 radical (unpaired) electrons. The summed E-state index contributed by atoms with van der Waals surface area (Å²) in [4.78, 5) is 13.5. The van der Waals surface area contributed by atoms with Crippen LogP contribution in [0.2, 0.25) is 0 Å². The Morgan fingerprint density at radius 3 is 2.94 bits per heavy atom. The number of hydrogen-bond acceptors (Lipinski definition) is 3. The Bertz CT molecular complexity index is 439. The number of carbonyl (C=O) groups excluding carboxylic acids is 1. The van der Waals surface area contributed by atoms with Gasteiger partial charge in [-0.15, -0.1) is 0 Å². The maximum Gasteiger partial charge on any atom is 0.254 e. The number of nitrogen functional groups attached to an aromatic ring is 1. The lowest BCUT2D eigenvalue weighted by molar-refractivity contribution is 0.0797. The molecule has 1 aromatic carbocycles. The molecule has 0 heterocycles. The number of rotatable bonds is 3. The number of nitriles is 1. The van der Waals surface area contributed by atoms with E-state index in [0.29, 0.717) is 28.7 Å². The first kappa shape index (κ1) is 12.5. The maximum absolute atomic E-state index is 12.0. The molecule has 0 unspecified atom stereocenters. The third-order valence-corrected chi connectivity index (χ3v) is 2.82. The molecule has 0 spiro atoms. The Hall–Kier alpha value is -1.54. The summed E-state index contributed by atoms with van der Waals surface area (Å²) in [6.07, 6.45) is 0.322. The van der Waals surface area contributed by atoms with Gasteiger partial charge in [-0.2, -0.15) is 5.26 Å². The molecule has 0 bridgehead atoms. The van der Waals surface area contributed by atoms with Crippen LogP contribution < -0.4 is 5.73 Å². The molecular weight excluding hydrogens is 270 g/mol. The van der Waals surface area contributed by atoms with E-state index in [1.165, 1.54) is 4.90 Å². The van der Waals surface area contributed by atoms with E-state index in [4.69, 9.17) is 11.0 Å². The fourth-order valence-corrected chi connectivity index (χ4v) is 1.65. The van der Waals surface area contributed by atoms with Crippen molar-refractivity contribution >= 4 is 27.5 Å². The highest BCUT2D eigenvalue weighted by Crippen LogP contribution is 2.20. The Kier molecular flexibility index (Phi) is 4.32. The monoisotopic (exact) mass is 281 g/mol. The zero-order chi connectivity index (χ0) is 12.1. The van der Waals surface area contributed by atoms with Gasteiger partial charge in [-0.3, -0.25) is 4.79 Å². The summed E-state index contributed by atoms with van der Waals surface area (Å²) < 4.78 is 0.704. The lowest BCUT2D eigenvalue weighted by Gasteiger charge is -2.16. The Morgan fingerprint density at radius 2 is 2.31 bits per heavy atom. The van der Waals surface area contributed by atoms with E-state index in [1.54, 1.807) is 25.2 Å². The van der Waals surface area contributed by atoms with Crippen LogP contribution in [0.4, 0.5) is 5.69 Å². The van der Waals surface area contributed by atoms with Crippen molar-refractivity contribution in [3.05, 3.63) is 28.2 Å². The van der Waals surface area contributed by atoms with Gasteiger partial charge in [0.1, 0.15) is 0 Å². The third-order valence-electron chi connectivity index (χ3n) is 2.13. The van der Waals surface area contributed by atoms with E-state index >= 15 is 0 Å². The van der Waals surface area contributed by atoms with Gasteiger partial charge in [0.2, 0.25) is 0 Å². The van der Waals surface area contributed by atoms with Crippen molar-refractivity contribution in [2.24, 2.45) is 0 Å². The molecular formula is C11H12BrN3O. The highest BCUT2D eigenvalue weighted by atomic mass is 79.9. The smallest absolute Gasteiger partial charge is 0.254 e. The Morgan fingerprint density at radius 1 is 1.62 bits per heavy atom. The second-order valence-electron chi connectivity index (χ2n) is 3.37. The summed E-state index contributed by atoms with van der Waals surface area (Å²) in [5.41, 5.74) is 6.68. The third kappa shape index (κ3) is 2.97. The molecule has 1 amide bonds. The van der Waals surface area contributed by atoms with Gasteiger partial charge in [-0.05, 0) is 34.1 Å². The van der Waals surface area contributed by atoms with Crippen LogP contribution in [0.3, 0.4) is 0 Å². The quantitative estimate of drug-likeness (QED) is 0.862. The molecule has 0 aromatic heterocycles. The first-order valence-corrected chi connectivity index (χ1v) is 5.53. The molecule has 0 aliphatic heterocycles. The molecule has 84 valence electrons. The summed E-state index contributed by atoms with van der Waals surface area (Å²) in [6, 6.07) is 7.08. The van der Waals surface area contributed by atoms with Gasteiger partial charge >= 0.3 is 0 Å². The summed E-state index contributed by atoms with van der Waals surface area (Å²) in [7, 11) is 1.66. The van der Waals surface area contributed by atoms with Crippen LogP contribution in [-0.4, -0.2) is 24.4 Å². The molecule has 16 heavy (non-hydrogen) atoms. The number of nitrogens with two attached hydrogens (primary N) is 1. The van der Waals surface area contributed by atoms with Gasteiger partial charge in [0.15, 0.2) is 0 Å². The second kappa shape index (κ2) is 5.52. The van der Waals surface area contributed by atoms with Gasteiger partial charge in [0, 0.05) is 23.8 Å². The van der Waals surface area contributed by atoms with Gasteiger partial charge in [-0.1, -0.05) is 0 Å². The molecule has 1 rings (SSSR count). The van der Waals surface area contributed by atoms with E-state index in [-0.39, 0.29) is 5.91 Å². The topological polar surface area (TPSA) is 70.1 Å². The fourth-order valence-electron chi connectivity index (χ4n) is 1.23. The van der Waals surface area contributed by atoms with Crippen molar-refractivity contribution in [2.75, 3.05) is 19.3 Å². The molecule has 0 fully saturated rings. The van der Waals surface area contributed by atoms with E-state index in [9.17, 15) is 4.79 Å². The number of anilines is 1. The normalized spacial score (nSPS) is 9.56. The van der Waals surface area contributed by atoms with Gasteiger partial charge in [0.25, 0.3) is 5.91 Å². The Balaban J connectivity index is 2.88. The summed E-state index contributed by atoms with van der Waals surface area (Å²) in [6.45, 7) is 0.413. The molecule has 0 aliphatic rings. The number of carbonyl (C=O) groups is 1. The minimum atomic E-state index is -0.144. The number of nitrogens with zero attached hydrogens (tertiary/aromatic N) is 2. The molecule has 0 atom stereocenters. The van der Waals surface area contributed by atoms with E-state index < -0.39 is 0 Å². The van der Waals surface area contributed by atoms with Crippen LogP contribution in [0.25, 0.3) is 0 Å². The number of benzene rings is 1. The molecule has 5 heteroatoms. The van der Waals surface area contributed by atoms with Crippen molar-refractivity contribution < 1.29 is 4.79 Å². The highest BCUT2D eigenvalue weighted by molar-refractivity contribution is 9.10. The van der Waals surface area contributed by atoms with Crippen molar-refractivity contribution in [3.63, 3.8) is 0 Å². The van der Waals surface area contributed by atoms with Crippen LogP contribution >= 0.6 is 15.9 Å². The van der Waals surface area contributed by atoms with Gasteiger partial charge in [0.05, 0.1) is 18.1 Å². The lowest BCUT2D eigenvalue weighted by atomic mass is 10.2. The summed E-state index contributed by atoms with van der Waals surface area (Å²) >= 11 is 3.30. The van der Waals surface area contributed by atoms with Crippen LogP contribution in [0.5, 0.6) is 0 Å². The zero-order valence-corrected chi connectivity index (χ0v) is 10.5.